The van der Waals surface area contributed by atoms with Crippen LogP contribution in [0, 0.1) is 0 Å². The Hall–Kier alpha value is -4.64. The van der Waals surface area contributed by atoms with E-state index >= 15 is 0 Å². The van der Waals surface area contributed by atoms with Gasteiger partial charge in [0.1, 0.15) is 0 Å². The molecule has 2 atom stereocenters. The van der Waals surface area contributed by atoms with Gasteiger partial charge < -0.3 is 14.1 Å². The average molecular weight is 530 g/mol. The van der Waals surface area contributed by atoms with E-state index in [1.165, 1.54) is 21.9 Å². The predicted octanol–water partition coefficient (Wildman–Crippen LogP) is 7.60. The number of benzene rings is 6. The lowest BCUT2D eigenvalue weighted by Crippen LogP contribution is -2.66. The Morgan fingerprint density at radius 1 is 0.585 bits per heavy atom. The van der Waals surface area contributed by atoms with E-state index in [1.807, 2.05) is 0 Å². The zero-order valence-electron chi connectivity index (χ0n) is 22.6. The highest BCUT2D eigenvalue weighted by Gasteiger charge is 2.61. The van der Waals surface area contributed by atoms with Crippen LogP contribution in [0.1, 0.15) is 28.3 Å². The molecule has 1 fully saturated rings. The molecule has 0 amide bonds. The van der Waals surface area contributed by atoms with Gasteiger partial charge in [0, 0.05) is 11.6 Å². The van der Waals surface area contributed by atoms with Gasteiger partial charge in [-0.25, -0.2) is 0 Å². The van der Waals surface area contributed by atoms with Gasteiger partial charge in [-0.2, -0.15) is 0 Å². The summed E-state index contributed by atoms with van der Waals surface area (Å²) < 4.78 is 15.0. The largest absolute Gasteiger partial charge is 0.676 e. The van der Waals surface area contributed by atoms with Crippen molar-refractivity contribution in [3.05, 3.63) is 180 Å². The van der Waals surface area contributed by atoms with Gasteiger partial charge in [0.15, 0.2) is 0 Å². The van der Waals surface area contributed by atoms with Crippen LogP contribution < -0.4 is 10.1 Å². The van der Waals surface area contributed by atoms with Crippen LogP contribution in [0.5, 0.6) is 5.75 Å². The molecule has 0 N–H and O–H groups in total. The zero-order valence-corrected chi connectivity index (χ0v) is 22.6. The number of nitrogens with zero attached hydrogens (tertiary/aromatic N) is 1. The Morgan fingerprint density at radius 3 is 1.80 bits per heavy atom. The van der Waals surface area contributed by atoms with Crippen molar-refractivity contribution >= 4 is 22.9 Å². The zero-order chi connectivity index (χ0) is 27.3. The normalized spacial score (nSPS) is 21.1. The van der Waals surface area contributed by atoms with E-state index in [0.29, 0.717) is 6.54 Å². The van der Waals surface area contributed by atoms with Crippen molar-refractivity contribution in [3.8, 4) is 5.75 Å². The maximum Gasteiger partial charge on any atom is 0.404 e. The first-order valence-corrected chi connectivity index (χ1v) is 14.3. The molecule has 0 radical (unpaired) electrons. The maximum atomic E-state index is 7.70. The van der Waals surface area contributed by atoms with Crippen molar-refractivity contribution in [1.29, 1.82) is 0 Å². The molecule has 8 rings (SSSR count). The van der Waals surface area contributed by atoms with E-state index in [1.54, 1.807) is 0 Å². The Balaban J connectivity index is 1.47. The lowest BCUT2D eigenvalue weighted by Gasteiger charge is -2.51. The molecule has 2 heterocycles. The predicted molar refractivity (Wildman–Crippen MR) is 166 cm³/mol. The van der Waals surface area contributed by atoms with Crippen LogP contribution in [0.25, 0.3) is 10.8 Å². The molecule has 1 saturated heterocycles. The van der Waals surface area contributed by atoms with Crippen LogP contribution in [-0.2, 0) is 16.8 Å². The van der Waals surface area contributed by atoms with Gasteiger partial charge in [0.05, 0.1) is 11.4 Å². The molecule has 0 aromatic heterocycles. The summed E-state index contributed by atoms with van der Waals surface area (Å²) in [4.78, 5) is 2.50. The third-order valence-corrected chi connectivity index (χ3v) is 8.87. The number of rotatable bonds is 4. The molecule has 6 aromatic carbocycles. The fourth-order valence-electron chi connectivity index (χ4n) is 7.14. The van der Waals surface area contributed by atoms with Gasteiger partial charge in [-0.15, -0.1) is 5.46 Å². The summed E-state index contributed by atoms with van der Waals surface area (Å²) in [5.74, 6) is 0.882. The quantitative estimate of drug-likeness (QED) is 0.219. The summed E-state index contributed by atoms with van der Waals surface area (Å²) in [7, 11) is 0. The summed E-state index contributed by atoms with van der Waals surface area (Å²) in [6.45, 7) is -1.43. The van der Waals surface area contributed by atoms with Crippen LogP contribution in [0.2, 0.25) is 0 Å². The van der Waals surface area contributed by atoms with E-state index in [9.17, 15) is 0 Å². The molecule has 2 aliphatic heterocycles. The third-order valence-electron chi connectivity index (χ3n) is 8.87. The van der Waals surface area contributed by atoms with Crippen molar-refractivity contribution in [2.75, 3.05) is 0 Å². The number of hydrogen-bond acceptors (Lipinski definition) is 3. The van der Waals surface area contributed by atoms with Crippen LogP contribution >= 0.6 is 0 Å². The molecule has 0 spiro atoms. The summed E-state index contributed by atoms with van der Waals surface area (Å²) in [6, 6.07) is 55.3. The summed E-state index contributed by atoms with van der Waals surface area (Å²) >= 11 is 0. The molecule has 0 saturated carbocycles. The molecule has 1 unspecified atom stereocenters. The first-order valence-electron chi connectivity index (χ1n) is 14.3. The van der Waals surface area contributed by atoms with Gasteiger partial charge in [-0.3, -0.25) is 0 Å². The topological polar surface area (TPSA) is 21.7 Å². The standard InChI is InChI=1S/C37H29BNO2/c1-5-16-29(17-6-1)36-37(30-18-7-2-8-19-30,31-20-9-3-10-21-31)41-38(32-22-11-4-12-23-32)39(36)27-34-33-24-14-13-15-28(33)25-26-35(34)40-38/h1-26,36H,27H2/q-1/t36-,38?/m1/s1. The molecule has 198 valence electrons. The molecule has 4 heteroatoms. The van der Waals surface area contributed by atoms with E-state index < -0.39 is 12.3 Å². The summed E-state index contributed by atoms with van der Waals surface area (Å²) in [5.41, 5.74) is 4.77. The van der Waals surface area contributed by atoms with Crippen LogP contribution in [-0.4, -0.2) is 11.5 Å². The highest BCUT2D eigenvalue weighted by molar-refractivity contribution is 6.80. The summed E-state index contributed by atoms with van der Waals surface area (Å²) in [6.07, 6.45) is 0. The molecular formula is C37H29BNO2-. The highest BCUT2D eigenvalue weighted by Crippen LogP contribution is 2.58. The van der Waals surface area contributed by atoms with E-state index in [2.05, 4.69) is 163 Å². The Labute approximate surface area is 240 Å². The van der Waals surface area contributed by atoms with E-state index in [-0.39, 0.29) is 6.04 Å². The molecule has 6 aromatic rings. The molecule has 41 heavy (non-hydrogen) atoms. The van der Waals surface area contributed by atoms with Crippen molar-refractivity contribution < 1.29 is 9.31 Å². The molecule has 0 aliphatic carbocycles. The monoisotopic (exact) mass is 530 g/mol. The van der Waals surface area contributed by atoms with Gasteiger partial charge in [-0.1, -0.05) is 152 Å². The van der Waals surface area contributed by atoms with E-state index in [4.69, 9.17) is 9.31 Å². The minimum absolute atomic E-state index is 0.166. The minimum atomic E-state index is -2.11. The van der Waals surface area contributed by atoms with Gasteiger partial charge in [0.25, 0.3) is 0 Å². The Bertz CT molecular complexity index is 1790. The number of hydrogen-bond donors (Lipinski definition) is 0. The second kappa shape index (κ2) is 9.48. The lowest BCUT2D eigenvalue weighted by atomic mass is 9.60. The highest BCUT2D eigenvalue weighted by atomic mass is 16.6. The van der Waals surface area contributed by atoms with Crippen molar-refractivity contribution in [2.45, 2.75) is 18.2 Å². The van der Waals surface area contributed by atoms with Crippen molar-refractivity contribution in [2.24, 2.45) is 0 Å². The van der Waals surface area contributed by atoms with Crippen LogP contribution in [0.4, 0.5) is 0 Å². The van der Waals surface area contributed by atoms with Crippen molar-refractivity contribution in [3.63, 3.8) is 0 Å². The fourth-order valence-corrected chi connectivity index (χ4v) is 7.14. The lowest BCUT2D eigenvalue weighted by molar-refractivity contribution is 0.0870. The Kier molecular flexibility index (Phi) is 5.59. The first kappa shape index (κ1) is 24.2. The number of fused-ring (bicyclic) bond motifs is 4. The smallest absolute Gasteiger partial charge is 0.404 e. The van der Waals surface area contributed by atoms with Gasteiger partial charge in [-0.05, 0) is 40.1 Å². The molecule has 2 aliphatic rings. The molecule has 0 bridgehead atoms. The third kappa shape index (κ3) is 3.61. The fraction of sp³-hybridized carbons (Fsp3) is 0.0811. The van der Waals surface area contributed by atoms with E-state index in [0.717, 1.165) is 22.3 Å². The average Bonchev–Trinajstić information content (AvgIpc) is 3.37. The summed E-state index contributed by atoms with van der Waals surface area (Å²) in [5, 5.41) is 2.43. The Morgan fingerprint density at radius 2 is 1.15 bits per heavy atom. The van der Waals surface area contributed by atoms with Crippen molar-refractivity contribution in [1.82, 2.24) is 4.81 Å². The van der Waals surface area contributed by atoms with Gasteiger partial charge in [0.2, 0.25) is 0 Å². The second-order valence-electron chi connectivity index (χ2n) is 11.0. The van der Waals surface area contributed by atoms with Crippen LogP contribution in [0.3, 0.4) is 0 Å². The minimum Gasteiger partial charge on any atom is -0.676 e. The second-order valence-corrected chi connectivity index (χ2v) is 11.0. The first-order chi connectivity index (χ1) is 20.3. The molecular weight excluding hydrogens is 501 g/mol. The van der Waals surface area contributed by atoms with Gasteiger partial charge >= 0.3 is 6.69 Å². The van der Waals surface area contributed by atoms with Crippen LogP contribution in [0.15, 0.2) is 158 Å². The molecule has 3 nitrogen and oxygen atoms in total. The maximum absolute atomic E-state index is 7.70. The SMILES string of the molecule is c1ccc([C@H]2N3Cc4c(ccc5ccccc45)O[B-]3(c3ccccc3)OC2(c2ccccc2)c2ccccc2)cc1.